The topological polar surface area (TPSA) is 89.0 Å². The van der Waals surface area contributed by atoms with Crippen LogP contribution in [0.25, 0.3) is 0 Å². The molecule has 0 aromatic heterocycles. The summed E-state index contributed by atoms with van der Waals surface area (Å²) in [6.07, 6.45) is 0.788. The summed E-state index contributed by atoms with van der Waals surface area (Å²) in [4.78, 5) is 26.2. The van der Waals surface area contributed by atoms with Crippen LogP contribution in [0.3, 0.4) is 0 Å². The van der Waals surface area contributed by atoms with Crippen LogP contribution >= 0.6 is 34.8 Å². The van der Waals surface area contributed by atoms with Crippen LogP contribution in [0.5, 0.6) is 11.5 Å². The number of rotatable bonds is 12. The molecule has 0 unspecified atom stereocenters. The van der Waals surface area contributed by atoms with Crippen LogP contribution in [0, 0.1) is 0 Å². The molecule has 4 aromatic carbocycles. The summed E-state index contributed by atoms with van der Waals surface area (Å²) in [5.74, 6) is -0.109. The van der Waals surface area contributed by atoms with Crippen molar-refractivity contribution in [2.24, 2.45) is 5.10 Å². The van der Waals surface area contributed by atoms with E-state index < -0.39 is 24.0 Å². The number of hydrogen-bond acceptors (Lipinski definition) is 5. The number of hydrazone groups is 1. The zero-order chi connectivity index (χ0) is 29.9. The Morgan fingerprint density at radius 3 is 2.24 bits per heavy atom. The van der Waals surface area contributed by atoms with E-state index in [4.69, 9.17) is 44.3 Å². The minimum atomic E-state index is -0.942. The Kier molecular flexibility index (Phi) is 11.2. The van der Waals surface area contributed by atoms with E-state index >= 15 is 0 Å². The number of hydrogen-bond donors (Lipinski definition) is 2. The molecule has 0 aliphatic carbocycles. The SMILES string of the molecule is C[C@H](Oc1ccc(Cl)cc1Cl)C(=O)N[C@@H](Cc1ccccc1)C(=O)N/N=C\c1ccccc1OCc1ccc(Cl)cc1. The molecular weight excluding hydrogens is 597 g/mol. The molecule has 4 aromatic rings. The number of halogens is 3. The van der Waals surface area contributed by atoms with Gasteiger partial charge in [0, 0.05) is 22.0 Å². The molecule has 0 fully saturated rings. The summed E-state index contributed by atoms with van der Waals surface area (Å²) in [7, 11) is 0. The van der Waals surface area contributed by atoms with Crippen LogP contribution in [0.15, 0.2) is 102 Å². The number of carbonyl (C=O) groups is 2. The highest BCUT2D eigenvalue weighted by Gasteiger charge is 2.25. The lowest BCUT2D eigenvalue weighted by Gasteiger charge is -2.21. The third kappa shape index (κ3) is 9.24. The van der Waals surface area contributed by atoms with E-state index in [0.29, 0.717) is 33.7 Å². The van der Waals surface area contributed by atoms with E-state index in [1.807, 2.05) is 66.7 Å². The van der Waals surface area contributed by atoms with Gasteiger partial charge in [-0.25, -0.2) is 5.43 Å². The van der Waals surface area contributed by atoms with Crippen molar-refractivity contribution in [2.45, 2.75) is 32.1 Å². The monoisotopic (exact) mass is 623 g/mol. The third-order valence-corrected chi connectivity index (χ3v) is 6.87. The fourth-order valence-corrected chi connectivity index (χ4v) is 4.45. The zero-order valence-electron chi connectivity index (χ0n) is 22.6. The van der Waals surface area contributed by atoms with Gasteiger partial charge in [-0.05, 0) is 60.5 Å². The Balaban J connectivity index is 1.41. The lowest BCUT2D eigenvalue weighted by molar-refractivity contribution is -0.132. The van der Waals surface area contributed by atoms with Crippen LogP contribution in [-0.4, -0.2) is 30.2 Å². The number of benzene rings is 4. The number of para-hydroxylation sites is 1. The van der Waals surface area contributed by atoms with Crippen LogP contribution in [0.2, 0.25) is 15.1 Å². The van der Waals surface area contributed by atoms with Crippen molar-refractivity contribution >= 4 is 52.8 Å². The second-order valence-electron chi connectivity index (χ2n) is 9.27. The van der Waals surface area contributed by atoms with Crippen LogP contribution in [0.4, 0.5) is 0 Å². The minimum absolute atomic E-state index is 0.239. The second-order valence-corrected chi connectivity index (χ2v) is 10.6. The molecule has 0 saturated carbocycles. The molecule has 10 heteroatoms. The predicted molar refractivity (Wildman–Crippen MR) is 167 cm³/mol. The van der Waals surface area contributed by atoms with E-state index in [9.17, 15) is 9.59 Å². The van der Waals surface area contributed by atoms with Crippen molar-refractivity contribution in [3.63, 3.8) is 0 Å². The van der Waals surface area contributed by atoms with Gasteiger partial charge in [-0.1, -0.05) is 89.4 Å². The van der Waals surface area contributed by atoms with E-state index in [1.165, 1.54) is 12.3 Å². The molecule has 2 N–H and O–H groups in total. The Morgan fingerprint density at radius 1 is 0.810 bits per heavy atom. The van der Waals surface area contributed by atoms with E-state index in [1.54, 1.807) is 31.2 Å². The van der Waals surface area contributed by atoms with Gasteiger partial charge in [0.1, 0.15) is 24.1 Å². The summed E-state index contributed by atoms with van der Waals surface area (Å²) in [6, 6.07) is 27.8. The highest BCUT2D eigenvalue weighted by molar-refractivity contribution is 6.35. The maximum atomic E-state index is 13.2. The summed E-state index contributed by atoms with van der Waals surface area (Å²) in [6.45, 7) is 1.90. The average molecular weight is 625 g/mol. The molecule has 2 atom stereocenters. The van der Waals surface area contributed by atoms with Gasteiger partial charge in [-0.2, -0.15) is 5.10 Å². The molecule has 0 heterocycles. The smallest absolute Gasteiger partial charge is 0.262 e. The Labute approximate surface area is 259 Å². The molecule has 42 heavy (non-hydrogen) atoms. The van der Waals surface area contributed by atoms with Gasteiger partial charge in [0.2, 0.25) is 0 Å². The quantitative estimate of drug-likeness (QED) is 0.133. The van der Waals surface area contributed by atoms with Gasteiger partial charge in [-0.15, -0.1) is 0 Å². The molecule has 0 radical (unpaired) electrons. The summed E-state index contributed by atoms with van der Waals surface area (Å²) < 4.78 is 11.7. The van der Waals surface area contributed by atoms with Crippen molar-refractivity contribution in [2.75, 3.05) is 0 Å². The Bertz CT molecular complexity index is 1530. The van der Waals surface area contributed by atoms with Crippen molar-refractivity contribution in [3.8, 4) is 11.5 Å². The number of nitrogens with one attached hydrogen (secondary N) is 2. The summed E-state index contributed by atoms with van der Waals surface area (Å²) >= 11 is 18.1. The minimum Gasteiger partial charge on any atom is -0.488 e. The lowest BCUT2D eigenvalue weighted by Crippen LogP contribution is -2.50. The molecule has 0 saturated heterocycles. The first kappa shape index (κ1) is 30.9. The highest BCUT2D eigenvalue weighted by atomic mass is 35.5. The molecule has 0 bridgehead atoms. The molecule has 4 rings (SSSR count). The molecule has 2 amide bonds. The summed E-state index contributed by atoms with van der Waals surface area (Å²) in [5, 5.41) is 8.27. The number of nitrogens with zero attached hydrogens (tertiary/aromatic N) is 1. The molecular formula is C32H28Cl3N3O4. The molecule has 0 aliphatic heterocycles. The maximum Gasteiger partial charge on any atom is 0.262 e. The van der Waals surface area contributed by atoms with Crippen molar-refractivity contribution in [3.05, 3.63) is 129 Å². The van der Waals surface area contributed by atoms with Gasteiger partial charge in [0.15, 0.2) is 6.10 Å². The second kappa shape index (κ2) is 15.3. The fraction of sp³-hybridized carbons (Fsp3) is 0.156. The number of carbonyl (C=O) groups excluding carboxylic acids is 2. The normalized spacial score (nSPS) is 12.4. The number of amides is 2. The standard InChI is InChI=1S/C32H28Cl3N3O4/c1-21(42-30-16-15-26(34)18-27(30)35)31(39)37-28(17-22-7-3-2-4-8-22)32(40)38-36-19-24-9-5-6-10-29(24)41-20-23-11-13-25(33)14-12-23/h2-16,18-19,21,28H,17,20H2,1H3,(H,37,39)(H,38,40)/b36-19-/t21-,28-/m0/s1. The van der Waals surface area contributed by atoms with Crippen molar-refractivity contribution in [1.29, 1.82) is 0 Å². The van der Waals surface area contributed by atoms with Crippen LogP contribution < -0.4 is 20.2 Å². The highest BCUT2D eigenvalue weighted by Crippen LogP contribution is 2.28. The Morgan fingerprint density at radius 2 is 1.50 bits per heavy atom. The third-order valence-electron chi connectivity index (χ3n) is 6.09. The van der Waals surface area contributed by atoms with Crippen LogP contribution in [-0.2, 0) is 22.6 Å². The van der Waals surface area contributed by atoms with Crippen molar-refractivity contribution in [1.82, 2.24) is 10.7 Å². The van der Waals surface area contributed by atoms with Gasteiger partial charge in [0.25, 0.3) is 11.8 Å². The average Bonchev–Trinajstić information content (AvgIpc) is 2.99. The van der Waals surface area contributed by atoms with Gasteiger partial charge >= 0.3 is 0 Å². The fourth-order valence-electron chi connectivity index (χ4n) is 3.87. The van der Waals surface area contributed by atoms with Gasteiger partial charge in [0.05, 0.1) is 11.2 Å². The first-order valence-corrected chi connectivity index (χ1v) is 14.2. The molecule has 216 valence electrons. The van der Waals surface area contributed by atoms with Crippen molar-refractivity contribution < 1.29 is 19.1 Å². The molecule has 0 spiro atoms. The van der Waals surface area contributed by atoms with E-state index in [2.05, 4.69) is 15.8 Å². The predicted octanol–water partition coefficient (Wildman–Crippen LogP) is 6.87. The number of ether oxygens (including phenoxy) is 2. The molecule has 7 nitrogen and oxygen atoms in total. The van der Waals surface area contributed by atoms with Gasteiger partial charge in [-0.3, -0.25) is 9.59 Å². The largest absolute Gasteiger partial charge is 0.488 e. The first-order valence-electron chi connectivity index (χ1n) is 13.0. The van der Waals surface area contributed by atoms with Crippen LogP contribution in [0.1, 0.15) is 23.6 Å². The summed E-state index contributed by atoms with van der Waals surface area (Å²) in [5.41, 5.74) is 5.01. The maximum absolute atomic E-state index is 13.2. The van der Waals surface area contributed by atoms with Gasteiger partial charge < -0.3 is 14.8 Å². The Hall–Kier alpha value is -4.04. The first-order chi connectivity index (χ1) is 20.3. The zero-order valence-corrected chi connectivity index (χ0v) is 24.9. The molecule has 0 aliphatic rings. The lowest BCUT2D eigenvalue weighted by atomic mass is 10.1. The van der Waals surface area contributed by atoms with E-state index in [0.717, 1.165) is 11.1 Å². The van der Waals surface area contributed by atoms with E-state index in [-0.39, 0.29) is 11.4 Å².